The van der Waals surface area contributed by atoms with Crippen LogP contribution in [0.1, 0.15) is 12.0 Å². The van der Waals surface area contributed by atoms with Crippen LogP contribution in [0.2, 0.25) is 5.02 Å². The molecular formula is C17H18ClFN2O2. The molecule has 0 radical (unpaired) electrons. The van der Waals surface area contributed by atoms with E-state index in [0.29, 0.717) is 23.0 Å². The third-order valence-electron chi connectivity index (χ3n) is 3.26. The predicted octanol–water partition coefficient (Wildman–Crippen LogP) is 4.24. The maximum atomic E-state index is 13.1. The van der Waals surface area contributed by atoms with E-state index < -0.39 is 0 Å². The van der Waals surface area contributed by atoms with Gasteiger partial charge >= 0.3 is 0 Å². The Morgan fingerprint density at radius 3 is 2.78 bits per heavy atom. The molecule has 4 nitrogen and oxygen atoms in total. The average Bonchev–Trinajstić information content (AvgIpc) is 2.50. The minimum absolute atomic E-state index is 0.201. The Morgan fingerprint density at radius 1 is 1.30 bits per heavy atom. The summed E-state index contributed by atoms with van der Waals surface area (Å²) in [6.07, 6.45) is 0.237. The van der Waals surface area contributed by atoms with Crippen LogP contribution in [0, 0.1) is 12.7 Å². The van der Waals surface area contributed by atoms with Gasteiger partial charge in [-0.25, -0.2) is 4.39 Å². The third kappa shape index (κ3) is 4.86. The summed E-state index contributed by atoms with van der Waals surface area (Å²) in [5, 5.41) is 6.41. The zero-order valence-electron chi connectivity index (χ0n) is 13.0. The first-order chi connectivity index (χ1) is 11.0. The van der Waals surface area contributed by atoms with Gasteiger partial charge in [-0.05, 0) is 36.8 Å². The van der Waals surface area contributed by atoms with Gasteiger partial charge in [0.15, 0.2) is 0 Å². The molecule has 0 spiro atoms. The van der Waals surface area contributed by atoms with Crippen molar-refractivity contribution in [1.29, 1.82) is 0 Å². The summed E-state index contributed by atoms with van der Waals surface area (Å²) in [5.41, 5.74) is 2.13. The highest BCUT2D eigenvalue weighted by Crippen LogP contribution is 2.30. The number of carbonyl (C=O) groups excluding carboxylic acids is 1. The van der Waals surface area contributed by atoms with E-state index in [2.05, 4.69) is 10.6 Å². The minimum Gasteiger partial charge on any atom is -0.495 e. The standard InChI is InChI=1S/C17H18ClFN2O2/c1-11-8-15(16(23-2)10-14(11)18)20-7-6-17(22)21-13-5-3-4-12(19)9-13/h3-5,8-10,20H,6-7H2,1-2H3,(H,21,22). The van der Waals surface area contributed by atoms with Gasteiger partial charge in [-0.15, -0.1) is 0 Å². The van der Waals surface area contributed by atoms with E-state index in [4.69, 9.17) is 16.3 Å². The fourth-order valence-electron chi connectivity index (χ4n) is 2.07. The third-order valence-corrected chi connectivity index (χ3v) is 3.66. The molecule has 2 aromatic rings. The number of ether oxygens (including phenoxy) is 1. The van der Waals surface area contributed by atoms with Crippen LogP contribution in [0.15, 0.2) is 36.4 Å². The summed E-state index contributed by atoms with van der Waals surface area (Å²) in [7, 11) is 1.56. The number of carbonyl (C=O) groups is 1. The summed E-state index contributed by atoms with van der Waals surface area (Å²) in [4.78, 5) is 11.9. The van der Waals surface area contributed by atoms with E-state index in [1.165, 1.54) is 12.1 Å². The number of amides is 1. The Morgan fingerprint density at radius 2 is 2.09 bits per heavy atom. The second kappa shape index (κ2) is 7.83. The fourth-order valence-corrected chi connectivity index (χ4v) is 2.22. The smallest absolute Gasteiger partial charge is 0.226 e. The molecule has 122 valence electrons. The molecule has 0 unspecified atom stereocenters. The number of anilines is 2. The number of benzene rings is 2. The van der Waals surface area contributed by atoms with Crippen molar-refractivity contribution in [3.63, 3.8) is 0 Å². The molecule has 0 aliphatic rings. The summed E-state index contributed by atoms with van der Waals surface area (Å²) in [6, 6.07) is 9.38. The van der Waals surface area contributed by atoms with Crippen molar-refractivity contribution >= 4 is 28.9 Å². The lowest BCUT2D eigenvalue weighted by atomic mass is 10.2. The number of hydrogen-bond acceptors (Lipinski definition) is 3. The highest BCUT2D eigenvalue weighted by Gasteiger charge is 2.08. The Hall–Kier alpha value is -2.27. The van der Waals surface area contributed by atoms with Gasteiger partial charge in [-0.1, -0.05) is 17.7 Å². The summed E-state index contributed by atoms with van der Waals surface area (Å²) in [6.45, 7) is 2.31. The van der Waals surface area contributed by atoms with Crippen LogP contribution < -0.4 is 15.4 Å². The van der Waals surface area contributed by atoms with Crippen LogP contribution in [0.25, 0.3) is 0 Å². The van der Waals surface area contributed by atoms with Crippen LogP contribution in [-0.4, -0.2) is 19.6 Å². The first kappa shape index (κ1) is 17.1. The molecule has 0 aliphatic carbocycles. The van der Waals surface area contributed by atoms with E-state index in [1.54, 1.807) is 25.3 Å². The number of rotatable bonds is 6. The van der Waals surface area contributed by atoms with Gasteiger partial charge in [0.25, 0.3) is 0 Å². The van der Waals surface area contributed by atoms with E-state index in [-0.39, 0.29) is 18.1 Å². The fraction of sp³-hybridized carbons (Fsp3) is 0.235. The topological polar surface area (TPSA) is 50.4 Å². The lowest BCUT2D eigenvalue weighted by Crippen LogP contribution is -2.16. The molecule has 0 aromatic heterocycles. The summed E-state index contributed by atoms with van der Waals surface area (Å²) >= 11 is 6.05. The largest absolute Gasteiger partial charge is 0.495 e. The van der Waals surface area contributed by atoms with Crippen LogP contribution in [0.4, 0.5) is 15.8 Å². The van der Waals surface area contributed by atoms with Crippen molar-refractivity contribution < 1.29 is 13.9 Å². The first-order valence-corrected chi connectivity index (χ1v) is 7.51. The van der Waals surface area contributed by atoms with E-state index in [1.807, 2.05) is 13.0 Å². The van der Waals surface area contributed by atoms with E-state index in [9.17, 15) is 9.18 Å². The number of halogens is 2. The second-order valence-corrected chi connectivity index (χ2v) is 5.44. The van der Waals surface area contributed by atoms with Gasteiger partial charge < -0.3 is 15.4 Å². The van der Waals surface area contributed by atoms with Gasteiger partial charge in [0, 0.05) is 29.7 Å². The lowest BCUT2D eigenvalue weighted by molar-refractivity contribution is -0.115. The number of nitrogens with one attached hydrogen (secondary N) is 2. The molecule has 0 saturated heterocycles. The molecule has 2 aromatic carbocycles. The highest BCUT2D eigenvalue weighted by atomic mass is 35.5. The van der Waals surface area contributed by atoms with Gasteiger partial charge in [0.2, 0.25) is 5.91 Å². The maximum Gasteiger partial charge on any atom is 0.226 e. The molecule has 0 aliphatic heterocycles. The van der Waals surface area contributed by atoms with E-state index >= 15 is 0 Å². The number of hydrogen-bond donors (Lipinski definition) is 2. The van der Waals surface area contributed by atoms with Crippen LogP contribution >= 0.6 is 11.6 Å². The Balaban J connectivity index is 1.89. The molecule has 2 rings (SSSR count). The number of aryl methyl sites for hydroxylation is 1. The minimum atomic E-state index is -0.387. The van der Waals surface area contributed by atoms with Crippen molar-refractivity contribution in [3.8, 4) is 5.75 Å². The quantitative estimate of drug-likeness (QED) is 0.829. The maximum absolute atomic E-state index is 13.1. The molecular weight excluding hydrogens is 319 g/mol. The zero-order chi connectivity index (χ0) is 16.8. The monoisotopic (exact) mass is 336 g/mol. The van der Waals surface area contributed by atoms with Crippen LogP contribution in [0.5, 0.6) is 5.75 Å². The molecule has 0 saturated carbocycles. The molecule has 23 heavy (non-hydrogen) atoms. The highest BCUT2D eigenvalue weighted by molar-refractivity contribution is 6.31. The SMILES string of the molecule is COc1cc(Cl)c(C)cc1NCCC(=O)Nc1cccc(F)c1. The molecule has 0 heterocycles. The van der Waals surface area contributed by atoms with Gasteiger partial charge in [-0.2, -0.15) is 0 Å². The van der Waals surface area contributed by atoms with Crippen molar-refractivity contribution in [2.24, 2.45) is 0 Å². The van der Waals surface area contributed by atoms with Gasteiger partial charge in [-0.3, -0.25) is 4.79 Å². The van der Waals surface area contributed by atoms with Crippen molar-refractivity contribution in [1.82, 2.24) is 0 Å². The van der Waals surface area contributed by atoms with Crippen LogP contribution in [-0.2, 0) is 4.79 Å². The van der Waals surface area contributed by atoms with Gasteiger partial charge in [0.1, 0.15) is 11.6 Å². The normalized spacial score (nSPS) is 10.3. The summed E-state index contributed by atoms with van der Waals surface area (Å²) in [5.74, 6) is 0.0289. The molecule has 0 bridgehead atoms. The predicted molar refractivity (Wildman–Crippen MR) is 90.9 cm³/mol. The first-order valence-electron chi connectivity index (χ1n) is 7.13. The van der Waals surface area contributed by atoms with Crippen molar-refractivity contribution in [2.75, 3.05) is 24.3 Å². The summed E-state index contributed by atoms with van der Waals surface area (Å²) < 4.78 is 18.3. The second-order valence-electron chi connectivity index (χ2n) is 5.04. The van der Waals surface area contributed by atoms with Crippen molar-refractivity contribution in [3.05, 3.63) is 52.8 Å². The zero-order valence-corrected chi connectivity index (χ0v) is 13.7. The Bertz CT molecular complexity index is 707. The van der Waals surface area contributed by atoms with Gasteiger partial charge in [0.05, 0.1) is 12.8 Å². The number of methoxy groups -OCH3 is 1. The molecule has 2 N–H and O–H groups in total. The molecule has 0 atom stereocenters. The Kier molecular flexibility index (Phi) is 5.82. The Labute approximate surface area is 139 Å². The average molecular weight is 337 g/mol. The van der Waals surface area contributed by atoms with Crippen LogP contribution in [0.3, 0.4) is 0 Å². The molecule has 6 heteroatoms. The lowest BCUT2D eigenvalue weighted by Gasteiger charge is -2.13. The molecule has 1 amide bonds. The van der Waals surface area contributed by atoms with E-state index in [0.717, 1.165) is 11.3 Å². The van der Waals surface area contributed by atoms with Crippen molar-refractivity contribution in [2.45, 2.75) is 13.3 Å². The molecule has 0 fully saturated rings.